The number of nitrogens with one attached hydrogen (secondary N) is 1. The molecule has 4 rings (SSSR count). The summed E-state index contributed by atoms with van der Waals surface area (Å²) in [5.41, 5.74) is 5.39. The van der Waals surface area contributed by atoms with Gasteiger partial charge in [0.25, 0.3) is 0 Å². The maximum absolute atomic E-state index is 9.93. The van der Waals surface area contributed by atoms with E-state index >= 15 is 0 Å². The molecule has 0 spiro atoms. The fraction of sp³-hybridized carbons (Fsp3) is 0.500. The SMILES string of the molecule is COC[C@H](C)Nc1ncc2c(-c3ccnc(C)c3)cc([C@H]3CC[C@H](O)CC3)n2n1. The van der Waals surface area contributed by atoms with Crippen LogP contribution in [0.2, 0.25) is 0 Å². The van der Waals surface area contributed by atoms with Crippen molar-refractivity contribution in [3.63, 3.8) is 0 Å². The van der Waals surface area contributed by atoms with Crippen molar-refractivity contribution in [3.05, 3.63) is 42.0 Å². The fourth-order valence-electron chi connectivity index (χ4n) is 4.20. The molecule has 1 atom stereocenters. The molecule has 0 radical (unpaired) electrons. The molecule has 154 valence electrons. The number of aryl methyl sites for hydroxylation is 1. The van der Waals surface area contributed by atoms with Gasteiger partial charge in [-0.15, -0.1) is 5.10 Å². The minimum atomic E-state index is -0.179. The van der Waals surface area contributed by atoms with Crippen molar-refractivity contribution in [2.45, 2.75) is 57.6 Å². The average molecular weight is 396 g/mol. The van der Waals surface area contributed by atoms with Gasteiger partial charge < -0.3 is 15.2 Å². The third-order valence-corrected chi connectivity index (χ3v) is 5.66. The third-order valence-electron chi connectivity index (χ3n) is 5.66. The van der Waals surface area contributed by atoms with Crippen LogP contribution in [0.3, 0.4) is 0 Å². The predicted molar refractivity (Wildman–Crippen MR) is 113 cm³/mol. The van der Waals surface area contributed by atoms with E-state index in [4.69, 9.17) is 9.84 Å². The number of hydrogen-bond acceptors (Lipinski definition) is 6. The van der Waals surface area contributed by atoms with Gasteiger partial charge in [0.05, 0.1) is 24.4 Å². The van der Waals surface area contributed by atoms with Crippen LogP contribution in [0.25, 0.3) is 16.6 Å². The first-order chi connectivity index (χ1) is 14.0. The van der Waals surface area contributed by atoms with Gasteiger partial charge in [-0.05, 0) is 63.3 Å². The number of pyridine rings is 1. The molecule has 0 saturated heterocycles. The van der Waals surface area contributed by atoms with Gasteiger partial charge in [0.1, 0.15) is 0 Å². The monoisotopic (exact) mass is 395 g/mol. The van der Waals surface area contributed by atoms with Crippen LogP contribution >= 0.6 is 0 Å². The average Bonchev–Trinajstić information content (AvgIpc) is 3.08. The quantitative estimate of drug-likeness (QED) is 0.664. The molecule has 7 heteroatoms. The summed E-state index contributed by atoms with van der Waals surface area (Å²) in [7, 11) is 1.69. The summed E-state index contributed by atoms with van der Waals surface area (Å²) >= 11 is 0. The highest BCUT2D eigenvalue weighted by Crippen LogP contribution is 2.37. The second kappa shape index (κ2) is 8.47. The standard InChI is InChI=1S/C22H29N5O2/c1-14-10-17(8-9-23-14)19-11-20(16-4-6-18(28)7-5-16)27-21(19)12-24-22(26-27)25-15(2)13-29-3/h8-12,15-16,18,28H,4-7,13H2,1-3H3,(H,25,26)/t15-,16-,18-/m0/s1. The van der Waals surface area contributed by atoms with Crippen molar-refractivity contribution in [2.75, 3.05) is 19.0 Å². The van der Waals surface area contributed by atoms with Crippen LogP contribution < -0.4 is 5.32 Å². The van der Waals surface area contributed by atoms with Gasteiger partial charge in [0, 0.05) is 42.2 Å². The smallest absolute Gasteiger partial charge is 0.241 e. The Hall–Kier alpha value is -2.51. The number of anilines is 1. The van der Waals surface area contributed by atoms with Crippen molar-refractivity contribution in [3.8, 4) is 11.1 Å². The molecule has 3 aromatic rings. The number of nitrogens with zero attached hydrogens (tertiary/aromatic N) is 4. The minimum absolute atomic E-state index is 0.114. The Labute approximate surface area is 171 Å². The Kier molecular flexibility index (Phi) is 5.78. The van der Waals surface area contributed by atoms with Gasteiger partial charge in [0.15, 0.2) is 0 Å². The summed E-state index contributed by atoms with van der Waals surface area (Å²) in [6.45, 7) is 4.63. The first-order valence-electron chi connectivity index (χ1n) is 10.3. The Morgan fingerprint density at radius 1 is 1.24 bits per heavy atom. The van der Waals surface area contributed by atoms with E-state index in [0.717, 1.165) is 48.0 Å². The maximum Gasteiger partial charge on any atom is 0.241 e. The lowest BCUT2D eigenvalue weighted by Crippen LogP contribution is -2.23. The highest BCUT2D eigenvalue weighted by atomic mass is 16.5. The summed E-state index contributed by atoms with van der Waals surface area (Å²) in [5, 5.41) is 18.1. The molecule has 1 fully saturated rings. The molecule has 0 amide bonds. The van der Waals surface area contributed by atoms with E-state index in [1.54, 1.807) is 7.11 Å². The van der Waals surface area contributed by atoms with Crippen LogP contribution in [0.1, 0.15) is 49.9 Å². The van der Waals surface area contributed by atoms with Gasteiger partial charge in [-0.1, -0.05) is 0 Å². The van der Waals surface area contributed by atoms with Crippen LogP contribution in [0.15, 0.2) is 30.6 Å². The lowest BCUT2D eigenvalue weighted by Gasteiger charge is -2.25. The summed E-state index contributed by atoms with van der Waals surface area (Å²) in [4.78, 5) is 8.88. The molecule has 1 aliphatic rings. The lowest BCUT2D eigenvalue weighted by atomic mass is 9.85. The number of hydrogen-bond donors (Lipinski definition) is 2. The molecule has 2 N–H and O–H groups in total. The zero-order chi connectivity index (χ0) is 20.4. The fourth-order valence-corrected chi connectivity index (χ4v) is 4.20. The van der Waals surface area contributed by atoms with E-state index in [0.29, 0.717) is 18.5 Å². The summed E-state index contributed by atoms with van der Waals surface area (Å²) in [6, 6.07) is 6.48. The molecule has 7 nitrogen and oxygen atoms in total. The van der Waals surface area contributed by atoms with Gasteiger partial charge in [0.2, 0.25) is 5.95 Å². The zero-order valence-electron chi connectivity index (χ0n) is 17.3. The Bertz CT molecular complexity index is 978. The van der Waals surface area contributed by atoms with E-state index in [-0.39, 0.29) is 12.1 Å². The molecule has 29 heavy (non-hydrogen) atoms. The number of aliphatic hydroxyl groups is 1. The van der Waals surface area contributed by atoms with Gasteiger partial charge in [-0.2, -0.15) is 0 Å². The molecular weight excluding hydrogens is 366 g/mol. The molecule has 0 aromatic carbocycles. The second-order valence-corrected chi connectivity index (χ2v) is 8.05. The van der Waals surface area contributed by atoms with Crippen molar-refractivity contribution >= 4 is 11.5 Å². The van der Waals surface area contributed by atoms with Crippen molar-refractivity contribution < 1.29 is 9.84 Å². The van der Waals surface area contributed by atoms with Gasteiger partial charge in [-0.3, -0.25) is 4.98 Å². The minimum Gasteiger partial charge on any atom is -0.393 e. The van der Waals surface area contributed by atoms with E-state index in [1.807, 2.05) is 36.8 Å². The molecule has 0 bridgehead atoms. The van der Waals surface area contributed by atoms with E-state index in [1.165, 1.54) is 5.69 Å². The highest BCUT2D eigenvalue weighted by Gasteiger charge is 2.25. The molecule has 1 saturated carbocycles. The van der Waals surface area contributed by atoms with Crippen LogP contribution in [-0.4, -0.2) is 50.6 Å². The Morgan fingerprint density at radius 2 is 2.03 bits per heavy atom. The lowest BCUT2D eigenvalue weighted by molar-refractivity contribution is 0.121. The van der Waals surface area contributed by atoms with Crippen molar-refractivity contribution in [1.29, 1.82) is 0 Å². The molecular formula is C22H29N5O2. The first kappa shape index (κ1) is 19.8. The zero-order valence-corrected chi connectivity index (χ0v) is 17.3. The molecule has 0 aliphatic heterocycles. The number of rotatable bonds is 6. The third kappa shape index (κ3) is 4.26. The number of fused-ring (bicyclic) bond motifs is 1. The Morgan fingerprint density at radius 3 is 2.76 bits per heavy atom. The van der Waals surface area contributed by atoms with Gasteiger partial charge >= 0.3 is 0 Å². The second-order valence-electron chi connectivity index (χ2n) is 8.05. The highest BCUT2D eigenvalue weighted by molar-refractivity contribution is 5.81. The van der Waals surface area contributed by atoms with Gasteiger partial charge in [-0.25, -0.2) is 9.50 Å². The number of aromatic nitrogens is 4. The molecule has 3 heterocycles. The molecule has 1 aliphatic carbocycles. The summed E-state index contributed by atoms with van der Waals surface area (Å²) < 4.78 is 7.24. The molecule has 3 aromatic heterocycles. The largest absolute Gasteiger partial charge is 0.393 e. The van der Waals surface area contributed by atoms with Crippen LogP contribution in [0.4, 0.5) is 5.95 Å². The van der Waals surface area contributed by atoms with Crippen LogP contribution in [0, 0.1) is 6.92 Å². The van der Waals surface area contributed by atoms with E-state index < -0.39 is 0 Å². The summed E-state index contributed by atoms with van der Waals surface area (Å²) in [5.74, 6) is 0.967. The van der Waals surface area contributed by atoms with E-state index in [2.05, 4.69) is 27.4 Å². The predicted octanol–water partition coefficient (Wildman–Crippen LogP) is 3.57. The molecule has 0 unspecified atom stereocenters. The van der Waals surface area contributed by atoms with Crippen molar-refractivity contribution in [2.24, 2.45) is 0 Å². The van der Waals surface area contributed by atoms with Crippen molar-refractivity contribution in [1.82, 2.24) is 19.6 Å². The van der Waals surface area contributed by atoms with Crippen LogP contribution in [0.5, 0.6) is 0 Å². The normalized spacial score (nSPS) is 20.7. The number of methoxy groups -OCH3 is 1. The van der Waals surface area contributed by atoms with Crippen LogP contribution in [-0.2, 0) is 4.74 Å². The maximum atomic E-state index is 9.93. The first-order valence-corrected chi connectivity index (χ1v) is 10.3. The number of aliphatic hydroxyl groups excluding tert-OH is 1. The van der Waals surface area contributed by atoms with E-state index in [9.17, 15) is 5.11 Å². The topological polar surface area (TPSA) is 84.6 Å². The summed E-state index contributed by atoms with van der Waals surface area (Å²) in [6.07, 6.45) is 7.16. The Balaban J connectivity index is 1.78. The number of ether oxygens (including phenoxy) is 1.